The summed E-state index contributed by atoms with van der Waals surface area (Å²) in [5.74, 6) is 0.744. The van der Waals surface area contributed by atoms with Crippen LogP contribution in [0.5, 0.6) is 0 Å². The van der Waals surface area contributed by atoms with Crippen LogP contribution in [0.1, 0.15) is 37.2 Å². The Morgan fingerprint density at radius 1 is 0.889 bits per heavy atom. The highest BCUT2D eigenvalue weighted by atomic mass is 14.6. The summed E-state index contributed by atoms with van der Waals surface area (Å²) in [5.41, 5.74) is 10.9. The Hall–Kier alpha value is -1.76. The quantitative estimate of drug-likeness (QED) is 0.759. The molecule has 1 heteroatoms. The molecule has 0 saturated heterocycles. The predicted molar refractivity (Wildman–Crippen MR) is 77.5 cm³/mol. The van der Waals surface area contributed by atoms with Gasteiger partial charge in [0.05, 0.1) is 0 Å². The SMILES string of the molecule is Nc1ccc(C2CCCC2)cc1-c1ccccc1. The Morgan fingerprint density at radius 3 is 2.33 bits per heavy atom. The van der Waals surface area contributed by atoms with E-state index in [0.717, 1.165) is 11.6 Å². The van der Waals surface area contributed by atoms with Crippen molar-refractivity contribution >= 4 is 5.69 Å². The van der Waals surface area contributed by atoms with Gasteiger partial charge in [-0.1, -0.05) is 49.2 Å². The summed E-state index contributed by atoms with van der Waals surface area (Å²) in [6, 6.07) is 17.0. The second-order valence-electron chi connectivity index (χ2n) is 5.19. The van der Waals surface area contributed by atoms with E-state index in [1.54, 1.807) is 0 Å². The fourth-order valence-corrected chi connectivity index (χ4v) is 2.95. The highest BCUT2D eigenvalue weighted by Crippen LogP contribution is 2.37. The van der Waals surface area contributed by atoms with Crippen molar-refractivity contribution in [2.24, 2.45) is 0 Å². The van der Waals surface area contributed by atoms with Crippen LogP contribution in [0.3, 0.4) is 0 Å². The topological polar surface area (TPSA) is 26.0 Å². The fourth-order valence-electron chi connectivity index (χ4n) is 2.95. The zero-order chi connectivity index (χ0) is 12.4. The van der Waals surface area contributed by atoms with Crippen LogP contribution in [0.4, 0.5) is 5.69 Å². The molecule has 0 spiro atoms. The van der Waals surface area contributed by atoms with Crippen molar-refractivity contribution in [2.45, 2.75) is 31.6 Å². The van der Waals surface area contributed by atoms with Crippen LogP contribution < -0.4 is 5.73 Å². The van der Waals surface area contributed by atoms with E-state index in [2.05, 4.69) is 42.5 Å². The summed E-state index contributed by atoms with van der Waals surface area (Å²) < 4.78 is 0. The summed E-state index contributed by atoms with van der Waals surface area (Å²) in [6.07, 6.45) is 5.40. The summed E-state index contributed by atoms with van der Waals surface area (Å²) in [6.45, 7) is 0. The van der Waals surface area contributed by atoms with Gasteiger partial charge in [0.2, 0.25) is 0 Å². The standard InChI is InChI=1S/C17H19N/c18-17-11-10-15(13-6-4-5-7-13)12-16(17)14-8-2-1-3-9-14/h1-3,8-13H,4-7,18H2. The minimum atomic E-state index is 0.744. The molecule has 0 atom stereocenters. The van der Waals surface area contributed by atoms with Crippen LogP contribution in [0.25, 0.3) is 11.1 Å². The molecule has 0 unspecified atom stereocenters. The van der Waals surface area contributed by atoms with E-state index in [4.69, 9.17) is 5.73 Å². The first kappa shape index (κ1) is 11.3. The minimum Gasteiger partial charge on any atom is -0.398 e. The van der Waals surface area contributed by atoms with Crippen molar-refractivity contribution in [1.82, 2.24) is 0 Å². The van der Waals surface area contributed by atoms with Crippen LogP contribution in [0.2, 0.25) is 0 Å². The van der Waals surface area contributed by atoms with E-state index >= 15 is 0 Å². The molecule has 2 aromatic carbocycles. The predicted octanol–water partition coefficient (Wildman–Crippen LogP) is 4.59. The molecule has 0 aliphatic heterocycles. The van der Waals surface area contributed by atoms with Crippen LogP contribution in [-0.4, -0.2) is 0 Å². The van der Waals surface area contributed by atoms with Gasteiger partial charge in [-0.15, -0.1) is 0 Å². The molecule has 92 valence electrons. The van der Waals surface area contributed by atoms with Gasteiger partial charge in [-0.05, 0) is 42.0 Å². The van der Waals surface area contributed by atoms with Gasteiger partial charge in [0.15, 0.2) is 0 Å². The van der Waals surface area contributed by atoms with Gasteiger partial charge >= 0.3 is 0 Å². The molecule has 3 rings (SSSR count). The van der Waals surface area contributed by atoms with E-state index in [9.17, 15) is 0 Å². The van der Waals surface area contributed by atoms with Crippen LogP contribution >= 0.6 is 0 Å². The Labute approximate surface area is 109 Å². The lowest BCUT2D eigenvalue weighted by Gasteiger charge is -2.13. The van der Waals surface area contributed by atoms with Crippen molar-refractivity contribution in [3.8, 4) is 11.1 Å². The molecule has 0 bridgehead atoms. The molecule has 2 N–H and O–H groups in total. The summed E-state index contributed by atoms with van der Waals surface area (Å²) in [5, 5.41) is 0. The Bertz CT molecular complexity index is 525. The van der Waals surface area contributed by atoms with E-state index < -0.39 is 0 Å². The second-order valence-corrected chi connectivity index (χ2v) is 5.19. The molecule has 0 radical (unpaired) electrons. The molecule has 1 aliphatic rings. The molecule has 0 amide bonds. The van der Waals surface area contributed by atoms with E-state index in [1.807, 2.05) is 6.07 Å². The highest BCUT2D eigenvalue weighted by molar-refractivity contribution is 5.76. The summed E-state index contributed by atoms with van der Waals surface area (Å²) >= 11 is 0. The number of hydrogen-bond donors (Lipinski definition) is 1. The number of nitrogens with two attached hydrogens (primary N) is 1. The third kappa shape index (κ3) is 2.13. The van der Waals surface area contributed by atoms with Gasteiger partial charge < -0.3 is 5.73 Å². The zero-order valence-electron chi connectivity index (χ0n) is 10.6. The summed E-state index contributed by atoms with van der Waals surface area (Å²) in [4.78, 5) is 0. The molecule has 18 heavy (non-hydrogen) atoms. The second kappa shape index (κ2) is 4.85. The molecule has 1 fully saturated rings. The van der Waals surface area contributed by atoms with Crippen LogP contribution in [0, 0.1) is 0 Å². The van der Waals surface area contributed by atoms with Crippen LogP contribution in [-0.2, 0) is 0 Å². The molecule has 1 nitrogen and oxygen atoms in total. The Morgan fingerprint density at radius 2 is 1.61 bits per heavy atom. The van der Waals surface area contributed by atoms with Crippen molar-refractivity contribution in [3.63, 3.8) is 0 Å². The smallest absolute Gasteiger partial charge is 0.0393 e. The molecule has 0 heterocycles. The molecular formula is C17H19N. The molecule has 2 aromatic rings. The molecule has 1 aliphatic carbocycles. The van der Waals surface area contributed by atoms with Gasteiger partial charge in [0, 0.05) is 11.3 Å². The average Bonchev–Trinajstić information content (AvgIpc) is 2.94. The lowest BCUT2D eigenvalue weighted by atomic mass is 9.93. The maximum Gasteiger partial charge on any atom is 0.0393 e. The first-order valence-electron chi connectivity index (χ1n) is 6.79. The molecule has 0 aromatic heterocycles. The number of benzene rings is 2. The zero-order valence-corrected chi connectivity index (χ0v) is 10.6. The van der Waals surface area contributed by atoms with Gasteiger partial charge in [0.25, 0.3) is 0 Å². The maximum absolute atomic E-state index is 6.12. The van der Waals surface area contributed by atoms with E-state index in [0.29, 0.717) is 0 Å². The summed E-state index contributed by atoms with van der Waals surface area (Å²) in [7, 11) is 0. The number of anilines is 1. The van der Waals surface area contributed by atoms with E-state index in [1.165, 1.54) is 42.4 Å². The third-order valence-corrected chi connectivity index (χ3v) is 3.99. The van der Waals surface area contributed by atoms with Gasteiger partial charge in [-0.25, -0.2) is 0 Å². The number of nitrogen functional groups attached to an aromatic ring is 1. The normalized spacial score (nSPS) is 16.0. The lowest BCUT2D eigenvalue weighted by molar-refractivity contribution is 0.724. The first-order chi connectivity index (χ1) is 8.84. The van der Waals surface area contributed by atoms with Crippen molar-refractivity contribution in [3.05, 3.63) is 54.1 Å². The molecular weight excluding hydrogens is 218 g/mol. The van der Waals surface area contributed by atoms with Crippen molar-refractivity contribution < 1.29 is 0 Å². The average molecular weight is 237 g/mol. The third-order valence-electron chi connectivity index (χ3n) is 3.99. The Balaban J connectivity index is 2.01. The monoisotopic (exact) mass is 237 g/mol. The number of hydrogen-bond acceptors (Lipinski definition) is 1. The lowest BCUT2D eigenvalue weighted by Crippen LogP contribution is -1.96. The molecule has 1 saturated carbocycles. The maximum atomic E-state index is 6.12. The van der Waals surface area contributed by atoms with E-state index in [-0.39, 0.29) is 0 Å². The number of rotatable bonds is 2. The van der Waals surface area contributed by atoms with Gasteiger partial charge in [0.1, 0.15) is 0 Å². The highest BCUT2D eigenvalue weighted by Gasteiger charge is 2.17. The van der Waals surface area contributed by atoms with Crippen molar-refractivity contribution in [2.75, 3.05) is 5.73 Å². The fraction of sp³-hybridized carbons (Fsp3) is 0.294. The first-order valence-corrected chi connectivity index (χ1v) is 6.79. The largest absolute Gasteiger partial charge is 0.398 e. The van der Waals surface area contributed by atoms with Crippen molar-refractivity contribution in [1.29, 1.82) is 0 Å². The van der Waals surface area contributed by atoms with Gasteiger partial charge in [-0.2, -0.15) is 0 Å². The van der Waals surface area contributed by atoms with Gasteiger partial charge in [-0.3, -0.25) is 0 Å². The minimum absolute atomic E-state index is 0.744. The Kier molecular flexibility index (Phi) is 3.06. The van der Waals surface area contributed by atoms with Crippen LogP contribution in [0.15, 0.2) is 48.5 Å².